The van der Waals surface area contributed by atoms with E-state index in [1.54, 1.807) is 17.0 Å². The number of carbonyl (C=O) groups is 1. The van der Waals surface area contributed by atoms with Crippen LogP contribution in [-0.2, 0) is 4.79 Å². The van der Waals surface area contributed by atoms with E-state index in [0.29, 0.717) is 37.0 Å². The summed E-state index contributed by atoms with van der Waals surface area (Å²) in [5.74, 6) is 0.679. The summed E-state index contributed by atoms with van der Waals surface area (Å²) in [6.45, 7) is 2.58. The van der Waals surface area contributed by atoms with Crippen molar-refractivity contribution in [2.24, 2.45) is 0 Å². The summed E-state index contributed by atoms with van der Waals surface area (Å²) >= 11 is 6.07. The van der Waals surface area contributed by atoms with E-state index in [9.17, 15) is 14.9 Å². The van der Waals surface area contributed by atoms with Crippen LogP contribution in [0.5, 0.6) is 0 Å². The fourth-order valence-electron chi connectivity index (χ4n) is 2.75. The fourth-order valence-corrected chi connectivity index (χ4v) is 2.95. The van der Waals surface area contributed by atoms with E-state index in [-0.39, 0.29) is 18.1 Å². The van der Waals surface area contributed by atoms with E-state index < -0.39 is 4.92 Å². The first kappa shape index (κ1) is 17.9. The lowest BCUT2D eigenvalue weighted by atomic mass is 10.3. The number of halogens is 1. The molecule has 1 fully saturated rings. The Morgan fingerprint density at radius 1 is 1.19 bits per heavy atom. The van der Waals surface area contributed by atoms with Gasteiger partial charge in [-0.25, -0.2) is 4.98 Å². The van der Waals surface area contributed by atoms with Crippen LogP contribution in [-0.4, -0.2) is 53.4 Å². The Morgan fingerprint density at radius 2 is 1.92 bits per heavy atom. The van der Waals surface area contributed by atoms with E-state index in [4.69, 9.17) is 11.6 Å². The van der Waals surface area contributed by atoms with Crippen molar-refractivity contribution in [3.63, 3.8) is 0 Å². The number of pyridine rings is 1. The molecule has 1 amide bonds. The van der Waals surface area contributed by atoms with Crippen LogP contribution in [0.1, 0.15) is 0 Å². The van der Waals surface area contributed by atoms with Gasteiger partial charge >= 0.3 is 0 Å². The summed E-state index contributed by atoms with van der Waals surface area (Å²) in [4.78, 5) is 30.5. The van der Waals surface area contributed by atoms with Crippen molar-refractivity contribution in [3.05, 3.63) is 57.7 Å². The highest BCUT2D eigenvalue weighted by Gasteiger charge is 2.22. The number of nitrogens with one attached hydrogen (secondary N) is 1. The van der Waals surface area contributed by atoms with Crippen LogP contribution in [0.3, 0.4) is 0 Å². The van der Waals surface area contributed by atoms with Crippen molar-refractivity contribution in [2.75, 3.05) is 42.9 Å². The topological polar surface area (TPSA) is 91.6 Å². The molecule has 0 saturated carbocycles. The smallest absolute Gasteiger partial charge is 0.287 e. The third-order valence-corrected chi connectivity index (χ3v) is 4.53. The number of carbonyl (C=O) groups excluding carboxylic acids is 1. The molecule has 3 rings (SSSR count). The Bertz CT molecular complexity index is 791. The number of para-hydroxylation sites is 1. The Balaban J connectivity index is 1.50. The van der Waals surface area contributed by atoms with Gasteiger partial charge in [0.15, 0.2) is 0 Å². The lowest BCUT2D eigenvalue weighted by molar-refractivity contribution is -0.385. The van der Waals surface area contributed by atoms with E-state index in [0.717, 1.165) is 5.69 Å². The molecule has 2 aromatic rings. The molecule has 26 heavy (non-hydrogen) atoms. The van der Waals surface area contributed by atoms with Gasteiger partial charge in [-0.2, -0.15) is 0 Å². The van der Waals surface area contributed by atoms with E-state index in [2.05, 4.69) is 10.3 Å². The normalized spacial score (nSPS) is 14.2. The van der Waals surface area contributed by atoms with Crippen molar-refractivity contribution in [1.29, 1.82) is 0 Å². The predicted octanol–water partition coefficient (Wildman–Crippen LogP) is 2.40. The summed E-state index contributed by atoms with van der Waals surface area (Å²) < 4.78 is 0. The number of nitro groups is 1. The van der Waals surface area contributed by atoms with Crippen LogP contribution in [0, 0.1) is 10.1 Å². The fraction of sp³-hybridized carbons (Fsp3) is 0.294. The first-order chi connectivity index (χ1) is 12.5. The number of rotatable bonds is 5. The molecular formula is C17H18ClN5O3. The minimum atomic E-state index is -0.473. The van der Waals surface area contributed by atoms with Crippen LogP contribution in [0.15, 0.2) is 42.6 Å². The zero-order chi connectivity index (χ0) is 18.5. The molecular weight excluding hydrogens is 358 g/mol. The molecule has 0 radical (unpaired) electrons. The lowest BCUT2D eigenvalue weighted by Crippen LogP contribution is -2.50. The highest BCUT2D eigenvalue weighted by atomic mass is 35.5. The summed E-state index contributed by atoms with van der Waals surface area (Å²) in [5, 5.41) is 14.3. The molecule has 9 heteroatoms. The minimum Gasteiger partial charge on any atom is -0.375 e. The summed E-state index contributed by atoms with van der Waals surface area (Å²) in [6.07, 6.45) is 1.25. The number of hydrogen-bond donors (Lipinski definition) is 1. The molecule has 1 saturated heterocycles. The molecule has 0 aliphatic carbocycles. The Labute approximate surface area is 155 Å². The second kappa shape index (κ2) is 8.01. The average molecular weight is 376 g/mol. The van der Waals surface area contributed by atoms with Gasteiger partial charge in [0.1, 0.15) is 12.0 Å². The zero-order valence-electron chi connectivity index (χ0n) is 14.0. The Morgan fingerprint density at radius 3 is 2.54 bits per heavy atom. The Kier molecular flexibility index (Phi) is 5.52. The molecule has 136 valence electrons. The summed E-state index contributed by atoms with van der Waals surface area (Å²) in [7, 11) is 0. The quantitative estimate of drug-likeness (QED) is 0.637. The molecule has 1 aliphatic heterocycles. The van der Waals surface area contributed by atoms with Crippen molar-refractivity contribution >= 4 is 34.7 Å². The van der Waals surface area contributed by atoms with Gasteiger partial charge < -0.3 is 15.1 Å². The van der Waals surface area contributed by atoms with Gasteiger partial charge in [0.05, 0.1) is 22.2 Å². The number of aromatic nitrogens is 1. The highest BCUT2D eigenvalue weighted by Crippen LogP contribution is 2.20. The minimum absolute atomic E-state index is 0.00114. The first-order valence-electron chi connectivity index (χ1n) is 8.16. The molecule has 8 nitrogen and oxygen atoms in total. The summed E-state index contributed by atoms with van der Waals surface area (Å²) in [5.41, 5.74) is 0.699. The number of amides is 1. The van der Waals surface area contributed by atoms with Gasteiger partial charge in [-0.15, -0.1) is 0 Å². The van der Waals surface area contributed by atoms with Crippen molar-refractivity contribution in [2.45, 2.75) is 0 Å². The van der Waals surface area contributed by atoms with Crippen molar-refractivity contribution in [3.8, 4) is 0 Å². The van der Waals surface area contributed by atoms with Gasteiger partial charge in [0.2, 0.25) is 5.91 Å². The molecule has 1 aliphatic rings. The van der Waals surface area contributed by atoms with Gasteiger partial charge in [-0.3, -0.25) is 14.9 Å². The standard InChI is InChI=1S/C17H18ClN5O3/c18-14-3-1-2-4-15(14)19-12-17(24)22-9-7-21(8-10-22)16-6-5-13(11-20-16)23(25)26/h1-6,11,19H,7-10,12H2. The molecule has 1 aromatic carbocycles. The monoisotopic (exact) mass is 375 g/mol. The third-order valence-electron chi connectivity index (χ3n) is 4.20. The predicted molar refractivity (Wildman–Crippen MR) is 99.6 cm³/mol. The number of nitrogens with zero attached hydrogens (tertiary/aromatic N) is 4. The zero-order valence-corrected chi connectivity index (χ0v) is 14.7. The second-order valence-electron chi connectivity index (χ2n) is 5.83. The van der Waals surface area contributed by atoms with Gasteiger partial charge in [-0.05, 0) is 18.2 Å². The number of hydrogen-bond acceptors (Lipinski definition) is 6. The lowest BCUT2D eigenvalue weighted by Gasteiger charge is -2.35. The average Bonchev–Trinajstić information content (AvgIpc) is 2.67. The Hall–Kier alpha value is -2.87. The molecule has 0 unspecified atom stereocenters. The highest BCUT2D eigenvalue weighted by molar-refractivity contribution is 6.33. The molecule has 1 N–H and O–H groups in total. The van der Waals surface area contributed by atoms with Crippen LogP contribution in [0.2, 0.25) is 5.02 Å². The third kappa shape index (κ3) is 4.20. The van der Waals surface area contributed by atoms with E-state index in [1.165, 1.54) is 12.3 Å². The van der Waals surface area contributed by atoms with Crippen molar-refractivity contribution < 1.29 is 9.72 Å². The van der Waals surface area contributed by atoms with E-state index in [1.807, 2.05) is 23.1 Å². The van der Waals surface area contributed by atoms with Crippen LogP contribution >= 0.6 is 11.6 Å². The molecule has 2 heterocycles. The SMILES string of the molecule is O=C(CNc1ccccc1Cl)N1CCN(c2ccc([N+](=O)[O-])cn2)CC1. The molecule has 0 atom stereocenters. The second-order valence-corrected chi connectivity index (χ2v) is 6.24. The summed E-state index contributed by atoms with van der Waals surface area (Å²) in [6, 6.07) is 10.4. The van der Waals surface area contributed by atoms with Crippen LogP contribution in [0.4, 0.5) is 17.2 Å². The number of benzene rings is 1. The number of anilines is 2. The maximum absolute atomic E-state index is 12.4. The van der Waals surface area contributed by atoms with Crippen LogP contribution in [0.25, 0.3) is 0 Å². The molecule has 0 bridgehead atoms. The van der Waals surface area contributed by atoms with Gasteiger partial charge in [0, 0.05) is 32.2 Å². The van der Waals surface area contributed by atoms with Gasteiger partial charge in [0.25, 0.3) is 5.69 Å². The largest absolute Gasteiger partial charge is 0.375 e. The number of piperazine rings is 1. The van der Waals surface area contributed by atoms with Crippen molar-refractivity contribution in [1.82, 2.24) is 9.88 Å². The van der Waals surface area contributed by atoms with Crippen LogP contribution < -0.4 is 10.2 Å². The maximum Gasteiger partial charge on any atom is 0.287 e. The van der Waals surface area contributed by atoms with Gasteiger partial charge in [-0.1, -0.05) is 23.7 Å². The molecule has 0 spiro atoms. The first-order valence-corrected chi connectivity index (χ1v) is 8.54. The van der Waals surface area contributed by atoms with E-state index >= 15 is 0 Å². The maximum atomic E-state index is 12.4. The molecule has 1 aromatic heterocycles.